The molecule has 10 heteroatoms. The zero-order valence-electron chi connectivity index (χ0n) is 61.0. The summed E-state index contributed by atoms with van der Waals surface area (Å²) < 4.78 is 30.9. The number of carbonyl (C=O) groups is 2. The molecule has 0 aliphatic rings. The summed E-state index contributed by atoms with van der Waals surface area (Å²) in [6, 6.07) is -0.857. The molecule has 532 valence electrons. The number of carbonyl (C=O) groups excluding carboxylic acids is 2. The van der Waals surface area contributed by atoms with Crippen LogP contribution in [0.2, 0.25) is 0 Å². The van der Waals surface area contributed by atoms with Crippen LogP contribution >= 0.6 is 7.82 Å². The van der Waals surface area contributed by atoms with Gasteiger partial charge in [0.2, 0.25) is 5.91 Å². The maximum atomic E-state index is 13.7. The molecule has 0 aliphatic heterocycles. The average molecular weight is 1310 g/mol. The lowest BCUT2D eigenvalue weighted by molar-refractivity contribution is -0.870. The topological polar surface area (TPSA) is 111 Å². The molecule has 0 bridgehead atoms. The first-order valence-corrected chi connectivity index (χ1v) is 40.2. The largest absolute Gasteiger partial charge is 0.472 e. The molecule has 0 fully saturated rings. The Balaban J connectivity index is 4.96. The lowest BCUT2D eigenvalue weighted by Gasteiger charge is -2.27. The molecule has 0 aliphatic carbocycles. The standard InChI is InChI=1S/C82H147N2O7P/c1-7-10-13-16-19-22-25-28-30-32-34-36-38-40-42-44-46-48-50-52-54-56-59-62-65-68-71-74-81(85)83-79(78-90-92(87,88)89-77-76-84(4,5)6)80(73-70-67-64-61-58-27-24-21-18-15-12-9-3)91-82(86)75-72-69-66-63-60-57-55-53-51-49-47-45-43-41-39-37-35-33-31-29-26-23-20-17-14-11-8-2/h11,14,19-20,22-23,28-31,34-37,41,43,70,73,79-80H,7-10,12-13,15-18,21,24-27,32-33,38-40,42,44-69,71-72,74-78H2,1-6H3,(H-,83,85,87,88)/p+1/b14-11-,22-19-,23-20-,30-28-,31-29-,36-34-,37-35-,43-41-,73-70+. The van der Waals surface area contributed by atoms with Crippen LogP contribution in [-0.4, -0.2) is 74.3 Å². The van der Waals surface area contributed by atoms with E-state index in [1.54, 1.807) is 0 Å². The van der Waals surface area contributed by atoms with Gasteiger partial charge in [-0.05, 0) is 115 Å². The van der Waals surface area contributed by atoms with Crippen LogP contribution in [0.1, 0.15) is 348 Å². The van der Waals surface area contributed by atoms with Crippen molar-refractivity contribution in [1.82, 2.24) is 5.32 Å². The number of allylic oxidation sites excluding steroid dienone is 17. The predicted molar refractivity (Wildman–Crippen MR) is 401 cm³/mol. The molecule has 3 unspecified atom stereocenters. The van der Waals surface area contributed by atoms with Crippen LogP contribution in [0.5, 0.6) is 0 Å². The Bertz CT molecular complexity index is 1940. The number of esters is 1. The fourth-order valence-electron chi connectivity index (χ4n) is 11.0. The van der Waals surface area contributed by atoms with Crippen LogP contribution < -0.4 is 5.32 Å². The van der Waals surface area contributed by atoms with Gasteiger partial charge in [0, 0.05) is 12.8 Å². The minimum absolute atomic E-state index is 0.0365. The number of phosphoric ester groups is 1. The molecule has 0 aromatic carbocycles. The Morgan fingerprint density at radius 1 is 0.391 bits per heavy atom. The van der Waals surface area contributed by atoms with Gasteiger partial charge in [-0.2, -0.15) is 0 Å². The number of nitrogens with zero attached hydrogens (tertiary/aromatic N) is 1. The third kappa shape index (κ3) is 71.0. The first kappa shape index (κ1) is 88.7. The van der Waals surface area contributed by atoms with Gasteiger partial charge >= 0.3 is 13.8 Å². The smallest absolute Gasteiger partial charge is 0.456 e. The van der Waals surface area contributed by atoms with Crippen molar-refractivity contribution in [3.8, 4) is 0 Å². The SMILES string of the molecule is CC/C=C\C/C=C\C/C=C\C/C=C\C/C=C\CCCCCCCCCCCCCC(=O)OC(/C=C/CCCCCCCCCCCC)C(COP(=O)(O)OCC[N+](C)(C)C)NC(=O)CCCCCCCCCCCCCCCC/C=C\C/C=C\C/C=C\CCCCC. The maximum Gasteiger partial charge on any atom is 0.472 e. The molecule has 0 radical (unpaired) electrons. The highest BCUT2D eigenvalue weighted by Gasteiger charge is 2.30. The molecule has 92 heavy (non-hydrogen) atoms. The summed E-state index contributed by atoms with van der Waals surface area (Å²) in [7, 11) is 1.49. The predicted octanol–water partition coefficient (Wildman–Crippen LogP) is 25.2. The van der Waals surface area contributed by atoms with E-state index in [4.69, 9.17) is 13.8 Å². The minimum Gasteiger partial charge on any atom is -0.456 e. The van der Waals surface area contributed by atoms with E-state index in [1.165, 1.54) is 212 Å². The van der Waals surface area contributed by atoms with Crippen LogP contribution in [0.4, 0.5) is 0 Å². The Morgan fingerprint density at radius 3 is 1.07 bits per heavy atom. The Morgan fingerprint density at radius 2 is 0.696 bits per heavy atom. The zero-order valence-corrected chi connectivity index (χ0v) is 61.9. The fourth-order valence-corrected chi connectivity index (χ4v) is 11.8. The molecule has 0 spiro atoms. The van der Waals surface area contributed by atoms with Gasteiger partial charge in [-0.1, -0.05) is 330 Å². The van der Waals surface area contributed by atoms with Gasteiger partial charge in [-0.3, -0.25) is 18.6 Å². The van der Waals surface area contributed by atoms with Crippen LogP contribution in [-0.2, 0) is 27.9 Å². The van der Waals surface area contributed by atoms with Crippen LogP contribution in [0.25, 0.3) is 0 Å². The van der Waals surface area contributed by atoms with E-state index in [9.17, 15) is 19.0 Å². The second-order valence-corrected chi connectivity index (χ2v) is 28.6. The Hall–Kier alpha value is -3.33. The highest BCUT2D eigenvalue weighted by molar-refractivity contribution is 7.47. The van der Waals surface area contributed by atoms with Crippen molar-refractivity contribution in [3.63, 3.8) is 0 Å². The maximum absolute atomic E-state index is 13.7. The fraction of sp³-hybridized carbons (Fsp3) is 0.756. The van der Waals surface area contributed by atoms with E-state index in [-0.39, 0.29) is 31.5 Å². The third-order valence-electron chi connectivity index (χ3n) is 16.9. The number of hydrogen-bond acceptors (Lipinski definition) is 6. The molecular formula is C82H148N2O7P+. The monoisotopic (exact) mass is 1300 g/mol. The van der Waals surface area contributed by atoms with Crippen molar-refractivity contribution in [3.05, 3.63) is 109 Å². The molecule has 3 atom stereocenters. The number of phosphoric acid groups is 1. The van der Waals surface area contributed by atoms with Crippen LogP contribution in [0.3, 0.4) is 0 Å². The quantitative estimate of drug-likeness (QED) is 0.0205. The second-order valence-electron chi connectivity index (χ2n) is 27.1. The first-order valence-electron chi connectivity index (χ1n) is 38.7. The molecule has 0 saturated carbocycles. The summed E-state index contributed by atoms with van der Waals surface area (Å²) in [5.41, 5.74) is 0. The molecule has 0 aromatic rings. The number of quaternary nitrogens is 1. The van der Waals surface area contributed by atoms with E-state index < -0.39 is 20.0 Å². The molecule has 1 amide bonds. The van der Waals surface area contributed by atoms with Gasteiger partial charge in [0.25, 0.3) is 0 Å². The molecule has 9 nitrogen and oxygen atoms in total. The number of amides is 1. The lowest BCUT2D eigenvalue weighted by atomic mass is 10.0. The van der Waals surface area contributed by atoms with Crippen molar-refractivity contribution in [2.24, 2.45) is 0 Å². The van der Waals surface area contributed by atoms with Crippen molar-refractivity contribution >= 4 is 19.7 Å². The van der Waals surface area contributed by atoms with Crippen molar-refractivity contribution in [2.45, 2.75) is 360 Å². The summed E-state index contributed by atoms with van der Waals surface area (Å²) in [4.78, 5) is 38.0. The first-order chi connectivity index (χ1) is 44.9. The molecule has 0 aromatic heterocycles. The summed E-state index contributed by atoms with van der Waals surface area (Å²) in [5, 5.41) is 3.08. The number of ether oxygens (including phenoxy) is 1. The van der Waals surface area contributed by atoms with Crippen molar-refractivity contribution in [2.75, 3.05) is 40.9 Å². The Labute approximate surface area is 570 Å². The minimum atomic E-state index is -4.46. The van der Waals surface area contributed by atoms with E-state index in [0.717, 1.165) is 103 Å². The molecule has 0 saturated heterocycles. The number of likely N-dealkylation sites (N-methyl/N-ethyl adjacent to an activating group) is 1. The van der Waals surface area contributed by atoms with E-state index in [0.29, 0.717) is 17.4 Å². The van der Waals surface area contributed by atoms with E-state index >= 15 is 0 Å². The summed E-state index contributed by atoms with van der Waals surface area (Å²) in [6.07, 6.45) is 98.3. The second kappa shape index (κ2) is 70.5. The molecule has 0 heterocycles. The summed E-state index contributed by atoms with van der Waals surface area (Å²) >= 11 is 0. The summed E-state index contributed by atoms with van der Waals surface area (Å²) in [5.74, 6) is -0.502. The van der Waals surface area contributed by atoms with Crippen LogP contribution in [0, 0.1) is 0 Å². The van der Waals surface area contributed by atoms with Gasteiger partial charge in [-0.15, -0.1) is 0 Å². The number of rotatable bonds is 70. The van der Waals surface area contributed by atoms with Gasteiger partial charge in [0.15, 0.2) is 0 Å². The highest BCUT2D eigenvalue weighted by Crippen LogP contribution is 2.43. The normalized spacial score (nSPS) is 14.0. The van der Waals surface area contributed by atoms with Crippen molar-refractivity contribution in [1.29, 1.82) is 0 Å². The third-order valence-corrected chi connectivity index (χ3v) is 17.9. The molecule has 2 N–H and O–H groups in total. The van der Waals surface area contributed by atoms with Crippen LogP contribution in [0.15, 0.2) is 109 Å². The van der Waals surface area contributed by atoms with Gasteiger partial charge in [0.05, 0.1) is 33.8 Å². The lowest BCUT2D eigenvalue weighted by Crippen LogP contribution is -2.47. The molecular weight excluding hydrogens is 1160 g/mol. The van der Waals surface area contributed by atoms with Crippen molar-refractivity contribution < 1.29 is 37.3 Å². The van der Waals surface area contributed by atoms with Gasteiger partial charge < -0.3 is 19.4 Å². The van der Waals surface area contributed by atoms with Gasteiger partial charge in [0.1, 0.15) is 19.3 Å². The van der Waals surface area contributed by atoms with E-state index in [1.807, 2.05) is 33.3 Å². The average Bonchev–Trinajstić information content (AvgIpc) is 3.72. The number of unbranched alkanes of at least 4 members (excludes halogenated alkanes) is 38. The van der Waals surface area contributed by atoms with Gasteiger partial charge in [-0.25, -0.2) is 4.57 Å². The molecule has 0 rings (SSSR count). The Kier molecular flexibility index (Phi) is 67.9. The number of hydrogen-bond donors (Lipinski definition) is 2. The zero-order chi connectivity index (χ0) is 67.0. The summed E-state index contributed by atoms with van der Waals surface area (Å²) in [6.45, 7) is 6.90. The highest BCUT2D eigenvalue weighted by atomic mass is 31.2. The van der Waals surface area contributed by atoms with E-state index in [2.05, 4.69) is 123 Å². The number of nitrogens with one attached hydrogen (secondary N) is 1.